The SMILES string of the molecule is CC1(C)CC(=O)C2=C(C1)N(CC(=O)O)C1=C(C(=O)CC(C)(C)C1)C2c1cc(Cl)cc(Cl)c1OCc1ccc(C(=O)O)cc1. The average molecular weight is 627 g/mol. The number of benzene rings is 2. The van der Waals surface area contributed by atoms with Gasteiger partial charge in [-0.1, -0.05) is 63.0 Å². The molecule has 3 aliphatic rings. The fraction of sp³-hybridized carbons (Fsp3) is 0.394. The number of allylic oxidation sites excluding steroid dienone is 4. The van der Waals surface area contributed by atoms with Crippen LogP contribution in [0.5, 0.6) is 5.75 Å². The normalized spacial score (nSPS) is 19.7. The Kier molecular flexibility index (Phi) is 7.99. The number of halogens is 2. The summed E-state index contributed by atoms with van der Waals surface area (Å²) in [5.41, 5.74) is 2.39. The van der Waals surface area contributed by atoms with Gasteiger partial charge in [-0.05, 0) is 53.5 Å². The molecule has 8 nitrogen and oxygen atoms in total. The predicted molar refractivity (Wildman–Crippen MR) is 161 cm³/mol. The standard InChI is InChI=1S/C33H33Cl2NO7/c1-32(2)11-22-28(24(37)13-32)27(29-23(36(22)15-26(39)40)12-33(3,4)14-25(29)38)20-9-19(34)10-21(35)30(20)43-16-17-5-7-18(8-6-17)31(41)42/h5-10,27H,11-16H2,1-4H3,(H,39,40)(H,41,42). The van der Waals surface area contributed by atoms with Crippen LogP contribution in [0.4, 0.5) is 0 Å². The minimum absolute atomic E-state index is 0.0336. The van der Waals surface area contributed by atoms with Crippen LogP contribution in [0, 0.1) is 10.8 Å². The van der Waals surface area contributed by atoms with E-state index in [4.69, 9.17) is 27.9 Å². The fourth-order valence-corrected chi connectivity index (χ4v) is 7.09. The van der Waals surface area contributed by atoms with Crippen LogP contribution in [0.3, 0.4) is 0 Å². The smallest absolute Gasteiger partial charge is 0.335 e. The van der Waals surface area contributed by atoms with Crippen LogP contribution in [0.15, 0.2) is 58.9 Å². The first kappa shape index (κ1) is 30.8. The summed E-state index contributed by atoms with van der Waals surface area (Å²) in [6.07, 6.45) is 1.35. The zero-order valence-corrected chi connectivity index (χ0v) is 25.9. The molecule has 0 unspecified atom stereocenters. The number of Topliss-reactive ketones (excluding diaryl/α,β-unsaturated/α-hetero) is 2. The van der Waals surface area contributed by atoms with E-state index < -0.39 is 28.7 Å². The highest BCUT2D eigenvalue weighted by molar-refractivity contribution is 6.35. The molecule has 5 rings (SSSR count). The maximum absolute atomic E-state index is 14.0. The summed E-state index contributed by atoms with van der Waals surface area (Å²) < 4.78 is 6.25. The van der Waals surface area contributed by atoms with Crippen molar-refractivity contribution < 1.29 is 34.1 Å². The molecule has 10 heteroatoms. The number of hydrogen-bond acceptors (Lipinski definition) is 6. The third-order valence-corrected chi connectivity index (χ3v) is 8.75. The van der Waals surface area contributed by atoms with Crippen molar-refractivity contribution in [3.63, 3.8) is 0 Å². The van der Waals surface area contributed by atoms with Gasteiger partial charge in [-0.2, -0.15) is 0 Å². The average Bonchev–Trinajstić information content (AvgIpc) is 2.87. The van der Waals surface area contributed by atoms with Crippen LogP contribution in [0.1, 0.15) is 80.8 Å². The van der Waals surface area contributed by atoms with E-state index in [9.17, 15) is 29.4 Å². The summed E-state index contributed by atoms with van der Waals surface area (Å²) in [5, 5.41) is 19.6. The van der Waals surface area contributed by atoms with E-state index in [1.807, 2.05) is 27.7 Å². The molecule has 43 heavy (non-hydrogen) atoms. The van der Waals surface area contributed by atoms with Crippen LogP contribution in [-0.4, -0.2) is 45.2 Å². The second kappa shape index (κ2) is 11.1. The van der Waals surface area contributed by atoms with E-state index in [2.05, 4.69) is 0 Å². The highest BCUT2D eigenvalue weighted by Crippen LogP contribution is 2.56. The van der Waals surface area contributed by atoms with E-state index in [1.165, 1.54) is 18.2 Å². The van der Waals surface area contributed by atoms with E-state index in [0.29, 0.717) is 51.5 Å². The second-order valence-corrected chi connectivity index (χ2v) is 14.0. The van der Waals surface area contributed by atoms with E-state index in [-0.39, 0.29) is 53.9 Å². The Balaban J connectivity index is 1.71. The Morgan fingerprint density at radius 1 is 0.884 bits per heavy atom. The van der Waals surface area contributed by atoms with Crippen molar-refractivity contribution >= 4 is 46.7 Å². The summed E-state index contributed by atoms with van der Waals surface area (Å²) in [7, 11) is 0. The van der Waals surface area contributed by atoms with Crippen LogP contribution in [0.2, 0.25) is 10.0 Å². The molecule has 0 saturated carbocycles. The number of carbonyl (C=O) groups is 4. The topological polar surface area (TPSA) is 121 Å². The van der Waals surface area contributed by atoms with Crippen LogP contribution in [0.25, 0.3) is 0 Å². The maximum atomic E-state index is 14.0. The zero-order chi connectivity index (χ0) is 31.4. The van der Waals surface area contributed by atoms with Gasteiger partial charge in [-0.15, -0.1) is 0 Å². The molecular weight excluding hydrogens is 593 g/mol. The molecule has 0 atom stereocenters. The molecule has 2 aliphatic carbocycles. The number of carboxylic acid groups (broad SMARTS) is 2. The van der Waals surface area contributed by atoms with Gasteiger partial charge in [0, 0.05) is 51.9 Å². The molecule has 1 heterocycles. The lowest BCUT2D eigenvalue weighted by Gasteiger charge is -2.48. The molecule has 2 aromatic carbocycles. The van der Waals surface area contributed by atoms with Crippen LogP contribution >= 0.6 is 23.2 Å². The minimum atomic E-state index is -1.06. The Morgan fingerprint density at radius 3 is 1.91 bits per heavy atom. The van der Waals surface area contributed by atoms with Crippen molar-refractivity contribution in [3.8, 4) is 5.75 Å². The number of carbonyl (C=O) groups excluding carboxylic acids is 2. The third-order valence-electron chi connectivity index (χ3n) is 8.25. The first-order chi connectivity index (χ1) is 20.1. The van der Waals surface area contributed by atoms with Crippen molar-refractivity contribution in [3.05, 3.63) is 85.7 Å². The van der Waals surface area contributed by atoms with Crippen LogP contribution < -0.4 is 4.74 Å². The number of ketones is 2. The van der Waals surface area contributed by atoms with Gasteiger partial charge >= 0.3 is 11.9 Å². The van der Waals surface area contributed by atoms with Gasteiger partial charge in [0.25, 0.3) is 0 Å². The number of aliphatic carboxylic acids is 1. The lowest BCUT2D eigenvalue weighted by Crippen LogP contribution is -2.45. The Bertz CT molecular complexity index is 1560. The van der Waals surface area contributed by atoms with E-state index in [1.54, 1.807) is 23.1 Å². The maximum Gasteiger partial charge on any atom is 0.335 e. The van der Waals surface area contributed by atoms with Gasteiger partial charge < -0.3 is 19.8 Å². The first-order valence-corrected chi connectivity index (χ1v) is 14.8. The number of rotatable bonds is 7. The molecule has 0 radical (unpaired) electrons. The lowest BCUT2D eigenvalue weighted by molar-refractivity contribution is -0.138. The number of carboxylic acids is 2. The van der Waals surface area contributed by atoms with Gasteiger partial charge in [0.1, 0.15) is 18.9 Å². The molecule has 0 saturated heterocycles. The predicted octanol–water partition coefficient (Wildman–Crippen LogP) is 7.04. The first-order valence-electron chi connectivity index (χ1n) is 14.0. The summed E-state index contributed by atoms with van der Waals surface area (Å²) in [6.45, 7) is 7.56. The Hall–Kier alpha value is -3.62. The van der Waals surface area contributed by atoms with Crippen molar-refractivity contribution in [1.29, 1.82) is 0 Å². The van der Waals surface area contributed by atoms with Gasteiger partial charge in [-0.25, -0.2) is 4.79 Å². The molecular formula is C33H33Cl2NO7. The molecule has 0 bridgehead atoms. The summed E-state index contributed by atoms with van der Waals surface area (Å²) in [6, 6.07) is 9.40. The molecule has 0 amide bonds. The summed E-state index contributed by atoms with van der Waals surface area (Å²) >= 11 is 13.3. The van der Waals surface area contributed by atoms with E-state index in [0.717, 1.165) is 0 Å². The van der Waals surface area contributed by atoms with Crippen molar-refractivity contribution in [2.45, 2.75) is 65.9 Å². The Morgan fingerprint density at radius 2 is 1.42 bits per heavy atom. The lowest BCUT2D eigenvalue weighted by atomic mass is 9.63. The van der Waals surface area contributed by atoms with Gasteiger partial charge in [0.2, 0.25) is 0 Å². The highest BCUT2D eigenvalue weighted by atomic mass is 35.5. The molecule has 2 aromatic rings. The highest BCUT2D eigenvalue weighted by Gasteiger charge is 2.50. The fourth-order valence-electron chi connectivity index (χ4n) is 6.53. The molecule has 0 fully saturated rings. The molecule has 0 spiro atoms. The zero-order valence-electron chi connectivity index (χ0n) is 24.4. The number of hydrogen-bond donors (Lipinski definition) is 2. The molecule has 226 valence electrons. The quantitative estimate of drug-likeness (QED) is 0.336. The van der Waals surface area contributed by atoms with Crippen LogP contribution in [-0.2, 0) is 21.0 Å². The Labute approximate surface area is 259 Å². The number of aromatic carboxylic acids is 1. The third kappa shape index (κ3) is 6.08. The van der Waals surface area contributed by atoms with Gasteiger partial charge in [0.05, 0.1) is 10.6 Å². The molecule has 0 aromatic heterocycles. The molecule has 1 aliphatic heterocycles. The van der Waals surface area contributed by atoms with Crippen molar-refractivity contribution in [2.24, 2.45) is 10.8 Å². The second-order valence-electron chi connectivity index (χ2n) is 13.1. The van der Waals surface area contributed by atoms with E-state index >= 15 is 0 Å². The molecule has 2 N–H and O–H groups in total. The minimum Gasteiger partial charge on any atom is -0.487 e. The van der Waals surface area contributed by atoms with Gasteiger partial charge in [-0.3, -0.25) is 14.4 Å². The number of nitrogens with zero attached hydrogens (tertiary/aromatic N) is 1. The van der Waals surface area contributed by atoms with Gasteiger partial charge in [0.15, 0.2) is 11.6 Å². The summed E-state index contributed by atoms with van der Waals surface area (Å²) in [5.74, 6) is -3.03. The monoisotopic (exact) mass is 625 g/mol. The largest absolute Gasteiger partial charge is 0.487 e. The summed E-state index contributed by atoms with van der Waals surface area (Å²) in [4.78, 5) is 53.1. The van der Waals surface area contributed by atoms with Crippen molar-refractivity contribution in [2.75, 3.05) is 6.54 Å². The van der Waals surface area contributed by atoms with Crippen molar-refractivity contribution in [1.82, 2.24) is 4.90 Å². The number of ether oxygens (including phenoxy) is 1.